The van der Waals surface area contributed by atoms with Gasteiger partial charge in [-0.3, -0.25) is 10.1 Å². The molecule has 25 heavy (non-hydrogen) atoms. The molecule has 2 aromatic carbocycles. The van der Waals surface area contributed by atoms with Crippen molar-refractivity contribution in [3.8, 4) is 0 Å². The van der Waals surface area contributed by atoms with E-state index in [1.54, 1.807) is 0 Å². The van der Waals surface area contributed by atoms with E-state index in [1.165, 1.54) is 28.6 Å². The molecule has 0 aliphatic carbocycles. The van der Waals surface area contributed by atoms with Gasteiger partial charge in [0.2, 0.25) is 10.0 Å². The Morgan fingerprint density at radius 1 is 1.08 bits per heavy atom. The standard InChI is InChI=1S/C17H18N2O5S/c1-13-11-18(12-17(24-13)14-5-3-2-4-6-14)25(22,23)16-9-7-15(8-10-16)19(20)21/h2-10,13,17H,11-12H2,1H3. The number of non-ortho nitro benzene ring substituents is 1. The molecule has 2 atom stereocenters. The van der Waals surface area contributed by atoms with E-state index in [-0.39, 0.29) is 35.9 Å². The van der Waals surface area contributed by atoms with Gasteiger partial charge < -0.3 is 4.74 Å². The molecule has 1 saturated heterocycles. The summed E-state index contributed by atoms with van der Waals surface area (Å²) in [6.07, 6.45) is -0.607. The Labute approximate surface area is 146 Å². The summed E-state index contributed by atoms with van der Waals surface area (Å²) >= 11 is 0. The summed E-state index contributed by atoms with van der Waals surface area (Å²) in [4.78, 5) is 10.2. The highest BCUT2D eigenvalue weighted by Gasteiger charge is 2.34. The summed E-state index contributed by atoms with van der Waals surface area (Å²) in [5, 5.41) is 10.7. The first-order valence-electron chi connectivity index (χ1n) is 7.83. The summed E-state index contributed by atoms with van der Waals surface area (Å²) in [5.41, 5.74) is 0.773. The molecule has 1 heterocycles. The molecule has 0 N–H and O–H groups in total. The van der Waals surface area contributed by atoms with Crippen LogP contribution in [0.1, 0.15) is 18.6 Å². The molecular weight excluding hydrogens is 344 g/mol. The van der Waals surface area contributed by atoms with Crippen LogP contribution in [0, 0.1) is 10.1 Å². The Balaban J connectivity index is 1.87. The van der Waals surface area contributed by atoms with Gasteiger partial charge in [0, 0.05) is 25.2 Å². The molecule has 7 nitrogen and oxygen atoms in total. The zero-order valence-corrected chi connectivity index (χ0v) is 14.4. The van der Waals surface area contributed by atoms with E-state index in [2.05, 4.69) is 0 Å². The minimum absolute atomic E-state index is 0.0408. The Hall–Kier alpha value is -2.29. The van der Waals surface area contributed by atoms with Crippen molar-refractivity contribution < 1.29 is 18.1 Å². The van der Waals surface area contributed by atoms with Crippen LogP contribution in [0.3, 0.4) is 0 Å². The number of hydrogen-bond acceptors (Lipinski definition) is 5. The van der Waals surface area contributed by atoms with Gasteiger partial charge in [-0.05, 0) is 24.6 Å². The summed E-state index contributed by atoms with van der Waals surface area (Å²) in [5.74, 6) is 0. The van der Waals surface area contributed by atoms with Crippen molar-refractivity contribution in [1.29, 1.82) is 0 Å². The van der Waals surface area contributed by atoms with E-state index < -0.39 is 14.9 Å². The lowest BCUT2D eigenvalue weighted by Gasteiger charge is -2.36. The fourth-order valence-electron chi connectivity index (χ4n) is 2.85. The number of nitrogens with zero attached hydrogens (tertiary/aromatic N) is 2. The van der Waals surface area contributed by atoms with Crippen molar-refractivity contribution in [1.82, 2.24) is 4.31 Å². The predicted octanol–water partition coefficient (Wildman–Crippen LogP) is 2.75. The molecule has 132 valence electrons. The van der Waals surface area contributed by atoms with Crippen molar-refractivity contribution in [2.24, 2.45) is 0 Å². The fourth-order valence-corrected chi connectivity index (χ4v) is 4.37. The van der Waals surface area contributed by atoms with Crippen LogP contribution < -0.4 is 0 Å². The number of nitro groups is 1. The maximum atomic E-state index is 12.9. The number of benzene rings is 2. The first kappa shape index (κ1) is 17.5. The molecule has 2 unspecified atom stereocenters. The molecule has 0 spiro atoms. The summed E-state index contributed by atoms with van der Waals surface area (Å²) < 4.78 is 33.0. The minimum atomic E-state index is -3.75. The van der Waals surface area contributed by atoms with Crippen LogP contribution in [0.15, 0.2) is 59.5 Å². The van der Waals surface area contributed by atoms with Crippen molar-refractivity contribution in [3.05, 3.63) is 70.3 Å². The van der Waals surface area contributed by atoms with Gasteiger partial charge in [-0.25, -0.2) is 8.42 Å². The zero-order chi connectivity index (χ0) is 18.0. The molecular formula is C17H18N2O5S. The number of nitro benzene ring substituents is 1. The number of hydrogen-bond donors (Lipinski definition) is 0. The van der Waals surface area contributed by atoms with Gasteiger partial charge >= 0.3 is 0 Å². The largest absolute Gasteiger partial charge is 0.368 e. The second-order valence-corrected chi connectivity index (χ2v) is 7.86. The van der Waals surface area contributed by atoms with Gasteiger partial charge in [0.1, 0.15) is 0 Å². The van der Waals surface area contributed by atoms with E-state index in [0.29, 0.717) is 0 Å². The predicted molar refractivity (Wildman–Crippen MR) is 91.6 cm³/mol. The Kier molecular flexibility index (Phi) is 4.85. The second-order valence-electron chi connectivity index (χ2n) is 5.92. The summed E-state index contributed by atoms with van der Waals surface area (Å²) in [6.45, 7) is 2.27. The number of morpholine rings is 1. The van der Waals surface area contributed by atoms with Crippen molar-refractivity contribution >= 4 is 15.7 Å². The van der Waals surface area contributed by atoms with Crippen LogP contribution >= 0.6 is 0 Å². The Morgan fingerprint density at radius 3 is 2.32 bits per heavy atom. The molecule has 0 amide bonds. The van der Waals surface area contributed by atoms with Crippen LogP contribution in [-0.2, 0) is 14.8 Å². The number of ether oxygens (including phenoxy) is 1. The Bertz CT molecular complexity index is 852. The molecule has 8 heteroatoms. The SMILES string of the molecule is CC1CN(S(=O)(=O)c2ccc([N+](=O)[O-])cc2)CC(c2ccccc2)O1. The molecule has 3 rings (SSSR count). The maximum Gasteiger partial charge on any atom is 0.269 e. The van der Waals surface area contributed by atoms with Gasteiger partial charge in [0.05, 0.1) is 22.0 Å². The van der Waals surface area contributed by atoms with E-state index >= 15 is 0 Å². The molecule has 0 radical (unpaired) electrons. The lowest BCUT2D eigenvalue weighted by atomic mass is 10.1. The van der Waals surface area contributed by atoms with Crippen LogP contribution in [0.25, 0.3) is 0 Å². The van der Waals surface area contributed by atoms with Gasteiger partial charge in [0.15, 0.2) is 0 Å². The van der Waals surface area contributed by atoms with Gasteiger partial charge in [-0.2, -0.15) is 4.31 Å². The molecule has 1 aliphatic heterocycles. The van der Waals surface area contributed by atoms with Crippen molar-refractivity contribution in [2.75, 3.05) is 13.1 Å². The van der Waals surface area contributed by atoms with Crippen molar-refractivity contribution in [3.63, 3.8) is 0 Å². The van der Waals surface area contributed by atoms with Gasteiger partial charge in [0.25, 0.3) is 5.69 Å². The highest BCUT2D eigenvalue weighted by molar-refractivity contribution is 7.89. The molecule has 0 saturated carbocycles. The van der Waals surface area contributed by atoms with Crippen LogP contribution in [0.2, 0.25) is 0 Å². The molecule has 1 aliphatic rings. The van der Waals surface area contributed by atoms with Crippen LogP contribution in [0.4, 0.5) is 5.69 Å². The normalized spacial score (nSPS) is 21.8. The molecule has 1 fully saturated rings. The minimum Gasteiger partial charge on any atom is -0.368 e. The van der Waals surface area contributed by atoms with E-state index in [0.717, 1.165) is 5.56 Å². The van der Waals surface area contributed by atoms with Gasteiger partial charge in [-0.1, -0.05) is 30.3 Å². The van der Waals surface area contributed by atoms with E-state index in [9.17, 15) is 18.5 Å². The number of rotatable bonds is 4. The smallest absolute Gasteiger partial charge is 0.269 e. The monoisotopic (exact) mass is 362 g/mol. The molecule has 2 aromatic rings. The second kappa shape index (κ2) is 6.91. The third-order valence-corrected chi connectivity index (χ3v) is 5.93. The van der Waals surface area contributed by atoms with Crippen LogP contribution in [-0.4, -0.2) is 36.8 Å². The van der Waals surface area contributed by atoms with E-state index in [1.807, 2.05) is 37.3 Å². The average Bonchev–Trinajstić information content (AvgIpc) is 2.62. The third-order valence-electron chi connectivity index (χ3n) is 4.08. The summed E-state index contributed by atoms with van der Waals surface area (Å²) in [6, 6.07) is 14.4. The third kappa shape index (κ3) is 3.71. The lowest BCUT2D eigenvalue weighted by Crippen LogP contribution is -2.45. The first-order chi connectivity index (χ1) is 11.9. The van der Waals surface area contributed by atoms with E-state index in [4.69, 9.17) is 4.74 Å². The van der Waals surface area contributed by atoms with Crippen molar-refractivity contribution in [2.45, 2.75) is 24.0 Å². The quantitative estimate of drug-likeness (QED) is 0.616. The fraction of sp³-hybridized carbons (Fsp3) is 0.294. The topological polar surface area (TPSA) is 89.8 Å². The Morgan fingerprint density at radius 2 is 1.72 bits per heavy atom. The van der Waals surface area contributed by atoms with Crippen LogP contribution in [0.5, 0.6) is 0 Å². The maximum absolute atomic E-state index is 12.9. The molecule has 0 aromatic heterocycles. The highest BCUT2D eigenvalue weighted by Crippen LogP contribution is 2.29. The molecule has 0 bridgehead atoms. The average molecular weight is 362 g/mol. The lowest BCUT2D eigenvalue weighted by molar-refractivity contribution is -0.384. The van der Waals surface area contributed by atoms with Gasteiger partial charge in [-0.15, -0.1) is 0 Å². The number of sulfonamides is 1. The summed E-state index contributed by atoms with van der Waals surface area (Å²) in [7, 11) is -3.75. The highest BCUT2D eigenvalue weighted by atomic mass is 32.2. The first-order valence-corrected chi connectivity index (χ1v) is 9.27. The zero-order valence-electron chi connectivity index (χ0n) is 13.6.